The van der Waals surface area contributed by atoms with Gasteiger partial charge in [-0.1, -0.05) is 32.6 Å². The molecule has 16 heavy (non-hydrogen) atoms. The van der Waals surface area contributed by atoms with Crippen molar-refractivity contribution in [1.29, 1.82) is 0 Å². The molecule has 0 amide bonds. The molecular formula is C14H28N2. The molecule has 2 fully saturated rings. The van der Waals surface area contributed by atoms with Crippen molar-refractivity contribution in [3.8, 4) is 0 Å². The van der Waals surface area contributed by atoms with Gasteiger partial charge >= 0.3 is 0 Å². The number of likely N-dealkylation sites (N-methyl/N-ethyl adjacent to an activating group) is 1. The molecule has 1 atom stereocenters. The molecular weight excluding hydrogens is 196 g/mol. The van der Waals surface area contributed by atoms with E-state index in [1.165, 1.54) is 71.1 Å². The smallest absolute Gasteiger partial charge is 0.0232 e. The minimum Gasteiger partial charge on any atom is -0.315 e. The highest BCUT2D eigenvalue weighted by molar-refractivity contribution is 4.81. The first kappa shape index (κ1) is 12.4. The molecule has 0 bridgehead atoms. The average Bonchev–Trinajstić information content (AvgIpc) is 2.71. The van der Waals surface area contributed by atoms with E-state index in [4.69, 9.17) is 0 Å². The van der Waals surface area contributed by atoms with Crippen LogP contribution < -0.4 is 5.32 Å². The molecule has 0 aromatic heterocycles. The van der Waals surface area contributed by atoms with E-state index in [-0.39, 0.29) is 0 Å². The summed E-state index contributed by atoms with van der Waals surface area (Å²) in [6, 6.07) is 0.827. The molecule has 1 aliphatic carbocycles. The van der Waals surface area contributed by atoms with Gasteiger partial charge in [-0.15, -0.1) is 0 Å². The van der Waals surface area contributed by atoms with Crippen molar-refractivity contribution in [2.75, 3.05) is 26.2 Å². The Morgan fingerprint density at radius 1 is 1.06 bits per heavy atom. The third kappa shape index (κ3) is 3.46. The lowest BCUT2D eigenvalue weighted by atomic mass is 9.99. The Morgan fingerprint density at radius 2 is 1.81 bits per heavy atom. The fourth-order valence-corrected chi connectivity index (χ4v) is 3.37. The summed E-state index contributed by atoms with van der Waals surface area (Å²) in [4.78, 5) is 2.73. The van der Waals surface area contributed by atoms with Crippen LogP contribution in [0.2, 0.25) is 0 Å². The van der Waals surface area contributed by atoms with Crippen molar-refractivity contribution in [3.63, 3.8) is 0 Å². The second-order valence-electron chi connectivity index (χ2n) is 5.59. The lowest BCUT2D eigenvalue weighted by Crippen LogP contribution is -2.39. The van der Waals surface area contributed by atoms with Crippen molar-refractivity contribution in [2.45, 2.75) is 57.9 Å². The van der Waals surface area contributed by atoms with Gasteiger partial charge in [-0.2, -0.15) is 0 Å². The van der Waals surface area contributed by atoms with Gasteiger partial charge in [0.25, 0.3) is 0 Å². The van der Waals surface area contributed by atoms with Crippen LogP contribution in [0.3, 0.4) is 0 Å². The van der Waals surface area contributed by atoms with Crippen LogP contribution >= 0.6 is 0 Å². The van der Waals surface area contributed by atoms with Gasteiger partial charge in [-0.05, 0) is 38.3 Å². The Bertz CT molecular complexity index is 179. The van der Waals surface area contributed by atoms with Gasteiger partial charge in [0, 0.05) is 19.1 Å². The highest BCUT2D eigenvalue weighted by atomic mass is 15.2. The van der Waals surface area contributed by atoms with Crippen molar-refractivity contribution in [1.82, 2.24) is 10.2 Å². The van der Waals surface area contributed by atoms with Crippen molar-refractivity contribution >= 4 is 0 Å². The zero-order valence-corrected chi connectivity index (χ0v) is 10.9. The van der Waals surface area contributed by atoms with Crippen LogP contribution in [0.1, 0.15) is 51.9 Å². The summed E-state index contributed by atoms with van der Waals surface area (Å²) in [5, 5.41) is 3.50. The molecule has 2 heteroatoms. The largest absolute Gasteiger partial charge is 0.315 e. The first-order valence-electron chi connectivity index (χ1n) is 7.35. The normalized spacial score (nSPS) is 28.5. The standard InChI is InChI=1S/C14H28N2/c1-2-16(14-9-10-15-11-14)12-13-7-5-3-4-6-8-13/h13-15H,2-12H2,1H3. The topological polar surface area (TPSA) is 15.3 Å². The predicted molar refractivity (Wildman–Crippen MR) is 69.7 cm³/mol. The van der Waals surface area contributed by atoms with E-state index < -0.39 is 0 Å². The van der Waals surface area contributed by atoms with E-state index >= 15 is 0 Å². The summed E-state index contributed by atoms with van der Waals surface area (Å²) in [6.07, 6.45) is 10.2. The molecule has 1 N–H and O–H groups in total. The second kappa shape index (κ2) is 6.61. The molecule has 0 spiro atoms. The van der Waals surface area contributed by atoms with Gasteiger partial charge in [0.1, 0.15) is 0 Å². The monoisotopic (exact) mass is 224 g/mol. The van der Waals surface area contributed by atoms with Gasteiger partial charge in [-0.3, -0.25) is 4.90 Å². The molecule has 0 aromatic carbocycles. The highest BCUT2D eigenvalue weighted by Crippen LogP contribution is 2.24. The molecule has 1 unspecified atom stereocenters. The third-order valence-corrected chi connectivity index (χ3v) is 4.42. The predicted octanol–water partition coefficient (Wildman–Crippen LogP) is 2.64. The molecule has 1 heterocycles. The average molecular weight is 224 g/mol. The fourth-order valence-electron chi connectivity index (χ4n) is 3.37. The van der Waals surface area contributed by atoms with Crippen molar-refractivity contribution < 1.29 is 0 Å². The summed E-state index contributed by atoms with van der Waals surface area (Å²) in [6.45, 7) is 7.38. The number of nitrogens with one attached hydrogen (secondary N) is 1. The van der Waals surface area contributed by atoms with Crippen LogP contribution in [0.15, 0.2) is 0 Å². The summed E-state index contributed by atoms with van der Waals surface area (Å²) < 4.78 is 0. The molecule has 94 valence electrons. The van der Waals surface area contributed by atoms with E-state index in [2.05, 4.69) is 17.1 Å². The Morgan fingerprint density at radius 3 is 2.38 bits per heavy atom. The van der Waals surface area contributed by atoms with Crippen molar-refractivity contribution in [3.05, 3.63) is 0 Å². The molecule has 2 nitrogen and oxygen atoms in total. The molecule has 0 radical (unpaired) electrons. The maximum atomic E-state index is 3.50. The summed E-state index contributed by atoms with van der Waals surface area (Å²) >= 11 is 0. The summed E-state index contributed by atoms with van der Waals surface area (Å²) in [7, 11) is 0. The van der Waals surface area contributed by atoms with E-state index in [0.29, 0.717) is 0 Å². The lowest BCUT2D eigenvalue weighted by molar-refractivity contribution is 0.177. The van der Waals surface area contributed by atoms with Crippen LogP contribution in [0.4, 0.5) is 0 Å². The molecule has 0 aromatic rings. The second-order valence-corrected chi connectivity index (χ2v) is 5.59. The zero-order chi connectivity index (χ0) is 11.2. The van der Waals surface area contributed by atoms with Crippen LogP contribution in [0.5, 0.6) is 0 Å². The third-order valence-electron chi connectivity index (χ3n) is 4.42. The first-order chi connectivity index (χ1) is 7.90. The Hall–Kier alpha value is -0.0800. The van der Waals surface area contributed by atoms with Crippen molar-refractivity contribution in [2.24, 2.45) is 5.92 Å². The molecule has 2 rings (SSSR count). The van der Waals surface area contributed by atoms with Gasteiger partial charge in [0.15, 0.2) is 0 Å². The Kier molecular flexibility index (Phi) is 5.11. The molecule has 1 saturated carbocycles. The molecule has 1 aliphatic heterocycles. The van der Waals surface area contributed by atoms with Crippen LogP contribution in [-0.2, 0) is 0 Å². The maximum Gasteiger partial charge on any atom is 0.0232 e. The number of nitrogens with zero attached hydrogens (tertiary/aromatic N) is 1. The SMILES string of the molecule is CCN(CC1CCCCCC1)C1CCNC1. The first-order valence-corrected chi connectivity index (χ1v) is 7.35. The zero-order valence-electron chi connectivity index (χ0n) is 10.9. The van der Waals surface area contributed by atoms with Crippen LogP contribution in [0, 0.1) is 5.92 Å². The van der Waals surface area contributed by atoms with E-state index in [0.717, 1.165) is 12.0 Å². The molecule has 1 saturated heterocycles. The Labute approximate surface area is 101 Å². The van der Waals surface area contributed by atoms with Gasteiger partial charge in [0.05, 0.1) is 0 Å². The summed E-state index contributed by atoms with van der Waals surface area (Å²) in [5.41, 5.74) is 0. The quantitative estimate of drug-likeness (QED) is 0.739. The molecule has 2 aliphatic rings. The van der Waals surface area contributed by atoms with E-state index in [1.807, 2.05) is 0 Å². The number of hydrogen-bond acceptors (Lipinski definition) is 2. The van der Waals surface area contributed by atoms with Gasteiger partial charge in [-0.25, -0.2) is 0 Å². The lowest BCUT2D eigenvalue weighted by Gasteiger charge is -2.30. The van der Waals surface area contributed by atoms with Gasteiger partial charge in [0.2, 0.25) is 0 Å². The van der Waals surface area contributed by atoms with Gasteiger partial charge < -0.3 is 5.32 Å². The number of hydrogen-bond donors (Lipinski definition) is 1. The minimum absolute atomic E-state index is 0.827. The highest BCUT2D eigenvalue weighted by Gasteiger charge is 2.23. The maximum absolute atomic E-state index is 3.50. The summed E-state index contributed by atoms with van der Waals surface area (Å²) in [5.74, 6) is 0.989. The van der Waals surface area contributed by atoms with E-state index in [9.17, 15) is 0 Å². The van der Waals surface area contributed by atoms with E-state index in [1.54, 1.807) is 0 Å². The number of rotatable bonds is 4. The Balaban J connectivity index is 1.79. The minimum atomic E-state index is 0.827. The fraction of sp³-hybridized carbons (Fsp3) is 1.00. The van der Waals surface area contributed by atoms with Crippen LogP contribution in [-0.4, -0.2) is 37.1 Å². The van der Waals surface area contributed by atoms with Crippen LogP contribution in [0.25, 0.3) is 0 Å².